The second-order valence-electron chi connectivity index (χ2n) is 6.66. The molecule has 3 aromatic rings. The number of ether oxygens (including phenoxy) is 1. The summed E-state index contributed by atoms with van der Waals surface area (Å²) in [6.07, 6.45) is 1.93. The van der Waals surface area contributed by atoms with Crippen LogP contribution in [0, 0.1) is 0 Å². The third-order valence-electron chi connectivity index (χ3n) is 4.24. The van der Waals surface area contributed by atoms with Crippen molar-refractivity contribution in [3.8, 4) is 5.75 Å². The number of carbonyl (C=O) groups excluding carboxylic acids is 3. The molecule has 4 N–H and O–H groups in total. The summed E-state index contributed by atoms with van der Waals surface area (Å²) in [5.41, 5.74) is 1.09. The van der Waals surface area contributed by atoms with E-state index in [0.717, 1.165) is 0 Å². The highest BCUT2D eigenvalue weighted by Crippen LogP contribution is 2.28. The molecule has 0 aliphatic heterocycles. The quantitative estimate of drug-likeness (QED) is 0.411. The molecule has 0 aliphatic carbocycles. The zero-order valence-corrected chi connectivity index (χ0v) is 18.2. The number of H-pyrrole nitrogens is 1. The molecule has 1 aromatic carbocycles. The third kappa shape index (κ3) is 6.01. The number of aromatic amines is 1. The van der Waals surface area contributed by atoms with E-state index in [-0.39, 0.29) is 23.8 Å². The second-order valence-corrected chi connectivity index (χ2v) is 7.51. The summed E-state index contributed by atoms with van der Waals surface area (Å²) in [6, 6.07) is 7.91. The van der Waals surface area contributed by atoms with Gasteiger partial charge in [-0.05, 0) is 36.8 Å². The van der Waals surface area contributed by atoms with Crippen LogP contribution in [0.2, 0.25) is 0 Å². The van der Waals surface area contributed by atoms with Crippen LogP contribution in [0.1, 0.15) is 29.4 Å². The molecule has 0 fully saturated rings. The number of hydrogen-bond acceptors (Lipinski definition) is 7. The lowest BCUT2D eigenvalue weighted by Crippen LogP contribution is -2.22. The van der Waals surface area contributed by atoms with Gasteiger partial charge in [-0.25, -0.2) is 4.98 Å². The van der Waals surface area contributed by atoms with Crippen molar-refractivity contribution in [3.63, 3.8) is 0 Å². The highest BCUT2D eigenvalue weighted by atomic mass is 32.1. The molecule has 0 atom stereocenters. The fraction of sp³-hybridized carbons (Fsp3) is 0.190. The summed E-state index contributed by atoms with van der Waals surface area (Å²) in [5.74, 6) is -0.591. The smallest absolute Gasteiger partial charge is 0.263 e. The molecule has 2 aromatic heterocycles. The molecule has 0 bridgehead atoms. The van der Waals surface area contributed by atoms with E-state index in [0.29, 0.717) is 34.4 Å². The molecule has 11 heteroatoms. The van der Waals surface area contributed by atoms with Crippen molar-refractivity contribution in [2.24, 2.45) is 0 Å². The Labute approximate surface area is 187 Å². The van der Waals surface area contributed by atoms with Gasteiger partial charge in [-0.15, -0.1) is 11.3 Å². The lowest BCUT2D eigenvalue weighted by Gasteiger charge is -2.12. The molecule has 166 valence electrons. The van der Waals surface area contributed by atoms with Gasteiger partial charge in [0.15, 0.2) is 5.13 Å². The summed E-state index contributed by atoms with van der Waals surface area (Å²) in [4.78, 5) is 54.3. The third-order valence-corrected chi connectivity index (χ3v) is 5.04. The first-order valence-corrected chi connectivity index (χ1v) is 10.4. The summed E-state index contributed by atoms with van der Waals surface area (Å²) >= 11 is 1.20. The highest BCUT2D eigenvalue weighted by Gasteiger charge is 2.14. The van der Waals surface area contributed by atoms with E-state index in [2.05, 4.69) is 25.9 Å². The lowest BCUT2D eigenvalue weighted by molar-refractivity contribution is -0.116. The van der Waals surface area contributed by atoms with Crippen molar-refractivity contribution < 1.29 is 19.1 Å². The number of anilines is 3. The van der Waals surface area contributed by atoms with Crippen LogP contribution < -0.4 is 26.2 Å². The second kappa shape index (κ2) is 10.4. The summed E-state index contributed by atoms with van der Waals surface area (Å²) in [6.45, 7) is 1.39. The predicted octanol–water partition coefficient (Wildman–Crippen LogP) is 2.62. The molecule has 10 nitrogen and oxygen atoms in total. The van der Waals surface area contributed by atoms with Crippen LogP contribution in [0.4, 0.5) is 16.5 Å². The van der Waals surface area contributed by atoms with Gasteiger partial charge in [0.05, 0.1) is 18.5 Å². The molecule has 32 heavy (non-hydrogen) atoms. The van der Waals surface area contributed by atoms with E-state index in [1.807, 2.05) is 0 Å². The molecule has 2 heterocycles. The van der Waals surface area contributed by atoms with Crippen molar-refractivity contribution in [3.05, 3.63) is 63.5 Å². The summed E-state index contributed by atoms with van der Waals surface area (Å²) in [7, 11) is 1.48. The molecular weight excluding hydrogens is 434 g/mol. The van der Waals surface area contributed by atoms with E-state index in [1.165, 1.54) is 37.6 Å². The molecule has 3 rings (SSSR count). The van der Waals surface area contributed by atoms with Crippen molar-refractivity contribution in [2.45, 2.75) is 19.8 Å². The number of thiazole rings is 1. The molecule has 3 amide bonds. The number of carbonyl (C=O) groups is 3. The first kappa shape index (κ1) is 22.7. The van der Waals surface area contributed by atoms with Gasteiger partial charge in [0, 0.05) is 30.6 Å². The maximum atomic E-state index is 12.4. The number of amides is 3. The number of benzene rings is 1. The number of nitrogens with one attached hydrogen (secondary N) is 4. The Bertz CT molecular complexity index is 1200. The maximum Gasteiger partial charge on any atom is 0.263 e. The minimum atomic E-state index is -0.559. The monoisotopic (exact) mass is 455 g/mol. The van der Waals surface area contributed by atoms with Gasteiger partial charge in [-0.3, -0.25) is 24.5 Å². The fourth-order valence-corrected chi connectivity index (χ4v) is 3.52. The number of nitrogens with zero attached hydrogens (tertiary/aromatic N) is 1. The minimum Gasteiger partial charge on any atom is -0.495 e. The zero-order chi connectivity index (χ0) is 23.1. The number of aromatic nitrogens is 2. The molecule has 0 saturated carbocycles. The standard InChI is InChI=1S/C21H21N5O5S/c1-12(27)23-13-5-7-17(31-2)16(10-13)25-18(28)8-6-14-11-32-21(24-14)26-20(30)15-4-3-9-22-19(15)29/h3-5,7,9-11H,6,8H2,1-2H3,(H,22,29)(H,23,27)(H,25,28)(H,24,26,30). The van der Waals surface area contributed by atoms with E-state index < -0.39 is 11.5 Å². The number of pyridine rings is 1. The molecular formula is C21H21N5O5S. The molecule has 0 radical (unpaired) electrons. The summed E-state index contributed by atoms with van der Waals surface area (Å²) in [5, 5.41) is 10.1. The van der Waals surface area contributed by atoms with E-state index >= 15 is 0 Å². The number of hydrogen-bond donors (Lipinski definition) is 4. The Morgan fingerprint density at radius 1 is 1.16 bits per heavy atom. The number of methoxy groups -OCH3 is 1. The first-order chi connectivity index (χ1) is 15.4. The van der Waals surface area contributed by atoms with Crippen LogP contribution in [0.15, 0.2) is 46.7 Å². The molecule has 0 saturated heterocycles. The van der Waals surface area contributed by atoms with Gasteiger partial charge >= 0.3 is 0 Å². The highest BCUT2D eigenvalue weighted by molar-refractivity contribution is 7.14. The molecule has 0 spiro atoms. The Morgan fingerprint density at radius 3 is 2.69 bits per heavy atom. The van der Waals surface area contributed by atoms with Crippen LogP contribution in [0.25, 0.3) is 0 Å². The van der Waals surface area contributed by atoms with Crippen LogP contribution in [-0.2, 0) is 16.0 Å². The maximum absolute atomic E-state index is 12.4. The average Bonchev–Trinajstić information content (AvgIpc) is 3.19. The van der Waals surface area contributed by atoms with Gasteiger partial charge in [-0.2, -0.15) is 0 Å². The fourth-order valence-electron chi connectivity index (χ4n) is 2.79. The first-order valence-electron chi connectivity index (χ1n) is 9.54. The van der Waals surface area contributed by atoms with Gasteiger partial charge < -0.3 is 20.4 Å². The SMILES string of the molecule is COc1ccc(NC(C)=O)cc1NC(=O)CCc1csc(NC(=O)c2ccc[nH]c2=O)n1. The van der Waals surface area contributed by atoms with E-state index in [4.69, 9.17) is 4.74 Å². The molecule has 0 unspecified atom stereocenters. The van der Waals surface area contributed by atoms with E-state index in [9.17, 15) is 19.2 Å². The lowest BCUT2D eigenvalue weighted by atomic mass is 10.2. The Kier molecular flexibility index (Phi) is 7.34. The molecule has 0 aliphatic rings. The van der Waals surface area contributed by atoms with Crippen molar-refractivity contribution in [1.29, 1.82) is 0 Å². The van der Waals surface area contributed by atoms with E-state index in [1.54, 1.807) is 29.6 Å². The van der Waals surface area contributed by atoms with Crippen LogP contribution >= 0.6 is 11.3 Å². The number of aryl methyl sites for hydroxylation is 1. The van der Waals surface area contributed by atoms with Gasteiger partial charge in [0.2, 0.25) is 11.8 Å². The number of rotatable bonds is 8. The van der Waals surface area contributed by atoms with Crippen molar-refractivity contribution in [1.82, 2.24) is 9.97 Å². The van der Waals surface area contributed by atoms with Crippen LogP contribution in [0.5, 0.6) is 5.75 Å². The average molecular weight is 455 g/mol. The minimum absolute atomic E-state index is 0.0148. The normalized spacial score (nSPS) is 10.3. The summed E-state index contributed by atoms with van der Waals surface area (Å²) < 4.78 is 5.25. The topological polar surface area (TPSA) is 142 Å². The van der Waals surface area contributed by atoms with Gasteiger partial charge in [0.1, 0.15) is 11.3 Å². The Balaban J connectivity index is 1.57. The Morgan fingerprint density at radius 2 is 1.97 bits per heavy atom. The van der Waals surface area contributed by atoms with Gasteiger partial charge in [0.25, 0.3) is 11.5 Å². The van der Waals surface area contributed by atoms with Gasteiger partial charge in [-0.1, -0.05) is 0 Å². The van der Waals surface area contributed by atoms with Crippen LogP contribution in [-0.4, -0.2) is 34.8 Å². The van der Waals surface area contributed by atoms with Crippen molar-refractivity contribution >= 4 is 45.6 Å². The zero-order valence-electron chi connectivity index (χ0n) is 17.4. The largest absolute Gasteiger partial charge is 0.495 e. The van der Waals surface area contributed by atoms with Crippen LogP contribution in [0.3, 0.4) is 0 Å². The Hall–Kier alpha value is -3.99. The predicted molar refractivity (Wildman–Crippen MR) is 121 cm³/mol. The van der Waals surface area contributed by atoms with Crippen molar-refractivity contribution in [2.75, 3.05) is 23.1 Å².